The Balaban J connectivity index is 1.49. The molecule has 0 aromatic rings. The Hall–Kier alpha value is -1.31. The Morgan fingerprint density at radius 1 is 1.04 bits per heavy atom. The van der Waals surface area contributed by atoms with Gasteiger partial charge in [-0.05, 0) is 51.6 Å². The monoisotopic (exact) mass is 347 g/mol. The lowest BCUT2D eigenvalue weighted by Gasteiger charge is -2.36. The van der Waals surface area contributed by atoms with Crippen LogP contribution in [0.15, 0.2) is 0 Å². The maximum absolute atomic E-state index is 12.7. The first kappa shape index (κ1) is 17.5. The Morgan fingerprint density at radius 2 is 1.62 bits per heavy atom. The van der Waals surface area contributed by atoms with Gasteiger partial charge in [-0.25, -0.2) is 0 Å². The number of likely N-dealkylation sites (tertiary alicyclic amines) is 1. The summed E-state index contributed by atoms with van der Waals surface area (Å²) in [5.74, 6) is -0.804. The number of piperidine rings is 1. The highest BCUT2D eigenvalue weighted by Crippen LogP contribution is 2.39. The van der Waals surface area contributed by atoms with Crippen LogP contribution in [0.4, 0.5) is 13.2 Å². The number of alkyl halides is 3. The van der Waals surface area contributed by atoms with E-state index in [4.69, 9.17) is 0 Å². The SMILES string of the molecule is O=C(CC(F)(F)F)N1CCC(NC(=O)C23CCCN2CCC3)CC1. The molecule has 1 N–H and O–H groups in total. The average molecular weight is 347 g/mol. The maximum Gasteiger partial charge on any atom is 0.397 e. The average Bonchev–Trinajstić information content (AvgIpc) is 3.06. The van der Waals surface area contributed by atoms with Crippen molar-refractivity contribution in [3.8, 4) is 0 Å². The second-order valence-electron chi connectivity index (χ2n) is 7.15. The van der Waals surface area contributed by atoms with E-state index in [9.17, 15) is 22.8 Å². The van der Waals surface area contributed by atoms with Crippen molar-refractivity contribution in [3.05, 3.63) is 0 Å². The second kappa shape index (κ2) is 6.54. The van der Waals surface area contributed by atoms with Crippen molar-refractivity contribution in [2.75, 3.05) is 26.2 Å². The molecule has 3 aliphatic heterocycles. The van der Waals surface area contributed by atoms with Gasteiger partial charge in [0.05, 0.1) is 0 Å². The fraction of sp³-hybridized carbons (Fsp3) is 0.875. The van der Waals surface area contributed by atoms with Crippen LogP contribution in [0.2, 0.25) is 0 Å². The van der Waals surface area contributed by atoms with Gasteiger partial charge in [-0.2, -0.15) is 13.2 Å². The van der Waals surface area contributed by atoms with Gasteiger partial charge in [0.1, 0.15) is 12.0 Å². The van der Waals surface area contributed by atoms with Crippen molar-refractivity contribution >= 4 is 11.8 Å². The first-order chi connectivity index (χ1) is 11.3. The van der Waals surface area contributed by atoms with E-state index >= 15 is 0 Å². The van der Waals surface area contributed by atoms with Gasteiger partial charge in [-0.3, -0.25) is 14.5 Å². The number of nitrogens with zero attached hydrogens (tertiary/aromatic N) is 2. The first-order valence-electron chi connectivity index (χ1n) is 8.71. The quantitative estimate of drug-likeness (QED) is 0.845. The van der Waals surface area contributed by atoms with Crippen LogP contribution in [0.25, 0.3) is 0 Å². The zero-order valence-corrected chi connectivity index (χ0v) is 13.7. The zero-order valence-electron chi connectivity index (χ0n) is 13.7. The number of hydrogen-bond acceptors (Lipinski definition) is 3. The van der Waals surface area contributed by atoms with Crippen LogP contribution in [0.1, 0.15) is 44.9 Å². The summed E-state index contributed by atoms with van der Waals surface area (Å²) in [7, 11) is 0. The minimum Gasteiger partial charge on any atom is -0.352 e. The minimum atomic E-state index is -4.46. The zero-order chi connectivity index (χ0) is 17.4. The van der Waals surface area contributed by atoms with Crippen LogP contribution in [0.3, 0.4) is 0 Å². The van der Waals surface area contributed by atoms with Gasteiger partial charge in [0.25, 0.3) is 0 Å². The molecule has 8 heteroatoms. The Labute approximate surface area is 139 Å². The molecule has 0 atom stereocenters. The molecule has 136 valence electrons. The van der Waals surface area contributed by atoms with Crippen LogP contribution in [0, 0.1) is 0 Å². The number of carbonyl (C=O) groups is 2. The van der Waals surface area contributed by atoms with E-state index in [-0.39, 0.29) is 30.6 Å². The van der Waals surface area contributed by atoms with E-state index in [1.54, 1.807) is 0 Å². The summed E-state index contributed by atoms with van der Waals surface area (Å²) in [5, 5.41) is 3.09. The molecule has 3 aliphatic rings. The summed E-state index contributed by atoms with van der Waals surface area (Å²) in [6, 6.07) is -0.0511. The molecule has 24 heavy (non-hydrogen) atoms. The topological polar surface area (TPSA) is 52.7 Å². The van der Waals surface area contributed by atoms with Crippen LogP contribution in [-0.2, 0) is 9.59 Å². The molecule has 3 heterocycles. The lowest BCUT2D eigenvalue weighted by atomic mass is 9.92. The molecule has 0 radical (unpaired) electrons. The van der Waals surface area contributed by atoms with E-state index in [0.29, 0.717) is 12.8 Å². The van der Waals surface area contributed by atoms with E-state index in [2.05, 4.69) is 10.2 Å². The van der Waals surface area contributed by atoms with Crippen LogP contribution in [0.5, 0.6) is 0 Å². The largest absolute Gasteiger partial charge is 0.397 e. The number of hydrogen-bond donors (Lipinski definition) is 1. The molecule has 0 saturated carbocycles. The van der Waals surface area contributed by atoms with Gasteiger partial charge in [-0.1, -0.05) is 0 Å². The molecule has 0 bridgehead atoms. The number of fused-ring (bicyclic) bond motifs is 1. The van der Waals surface area contributed by atoms with E-state index in [0.717, 1.165) is 38.8 Å². The number of halogens is 3. The standard InChI is InChI=1S/C16H24F3N3O2/c17-16(18,19)11-13(23)21-9-3-12(4-10-21)20-14(24)15-5-1-7-22(15)8-2-6-15/h12H,1-11H2,(H,20,24). The van der Waals surface area contributed by atoms with E-state index < -0.39 is 18.5 Å². The third-order valence-electron chi connectivity index (χ3n) is 5.60. The van der Waals surface area contributed by atoms with Crippen LogP contribution < -0.4 is 5.32 Å². The van der Waals surface area contributed by atoms with Crippen molar-refractivity contribution in [3.63, 3.8) is 0 Å². The molecule has 0 spiro atoms. The normalized spacial score (nSPS) is 24.9. The van der Waals surface area contributed by atoms with Gasteiger partial charge in [0.15, 0.2) is 0 Å². The number of nitrogens with one attached hydrogen (secondary N) is 1. The summed E-state index contributed by atoms with van der Waals surface area (Å²) < 4.78 is 36.9. The van der Waals surface area contributed by atoms with Crippen molar-refractivity contribution in [1.82, 2.24) is 15.1 Å². The number of rotatable bonds is 3. The molecular formula is C16H24F3N3O2. The lowest BCUT2D eigenvalue weighted by Crippen LogP contribution is -2.56. The molecule has 3 rings (SSSR count). The fourth-order valence-corrected chi connectivity index (χ4v) is 4.35. The maximum atomic E-state index is 12.7. The highest BCUT2D eigenvalue weighted by Gasteiger charge is 2.50. The number of amides is 2. The van der Waals surface area contributed by atoms with Gasteiger partial charge in [0, 0.05) is 19.1 Å². The summed E-state index contributed by atoms with van der Waals surface area (Å²) >= 11 is 0. The van der Waals surface area contributed by atoms with Crippen molar-refractivity contribution in [2.45, 2.75) is 62.7 Å². The molecule has 0 unspecified atom stereocenters. The molecular weight excluding hydrogens is 323 g/mol. The predicted molar refractivity (Wildman–Crippen MR) is 81.2 cm³/mol. The third kappa shape index (κ3) is 3.53. The Morgan fingerprint density at radius 3 is 2.17 bits per heavy atom. The van der Waals surface area contributed by atoms with E-state index in [1.165, 1.54) is 4.90 Å². The van der Waals surface area contributed by atoms with Crippen molar-refractivity contribution in [1.29, 1.82) is 0 Å². The second-order valence-corrected chi connectivity index (χ2v) is 7.15. The smallest absolute Gasteiger partial charge is 0.352 e. The van der Waals surface area contributed by atoms with Crippen molar-refractivity contribution in [2.24, 2.45) is 0 Å². The molecule has 2 amide bonds. The Kier molecular flexibility index (Phi) is 4.77. The molecule has 5 nitrogen and oxygen atoms in total. The first-order valence-corrected chi connectivity index (χ1v) is 8.71. The molecule has 0 aromatic carbocycles. The van der Waals surface area contributed by atoms with E-state index in [1.807, 2.05) is 0 Å². The molecule has 0 aromatic heterocycles. The van der Waals surface area contributed by atoms with Crippen molar-refractivity contribution < 1.29 is 22.8 Å². The Bertz CT molecular complexity index is 491. The van der Waals surface area contributed by atoms with Crippen LogP contribution in [-0.4, -0.2) is 65.6 Å². The van der Waals surface area contributed by atoms with Gasteiger partial charge >= 0.3 is 6.18 Å². The molecule has 0 aliphatic carbocycles. The molecule has 3 fully saturated rings. The van der Waals surface area contributed by atoms with Crippen LogP contribution >= 0.6 is 0 Å². The number of carbonyl (C=O) groups excluding carboxylic acids is 2. The van der Waals surface area contributed by atoms with Gasteiger partial charge < -0.3 is 10.2 Å². The highest BCUT2D eigenvalue weighted by atomic mass is 19.4. The molecule has 3 saturated heterocycles. The summed E-state index contributed by atoms with van der Waals surface area (Å²) in [5.41, 5.74) is -0.358. The summed E-state index contributed by atoms with van der Waals surface area (Å²) in [4.78, 5) is 27.9. The summed E-state index contributed by atoms with van der Waals surface area (Å²) in [6.07, 6.45) is -0.965. The highest BCUT2D eigenvalue weighted by molar-refractivity contribution is 5.87. The third-order valence-corrected chi connectivity index (χ3v) is 5.60. The lowest BCUT2D eigenvalue weighted by molar-refractivity contribution is -0.162. The van der Waals surface area contributed by atoms with Gasteiger partial charge in [0.2, 0.25) is 11.8 Å². The minimum absolute atomic E-state index is 0.0511. The summed E-state index contributed by atoms with van der Waals surface area (Å²) in [6.45, 7) is 2.49. The predicted octanol–water partition coefficient (Wildman–Crippen LogP) is 1.67. The van der Waals surface area contributed by atoms with Gasteiger partial charge in [-0.15, -0.1) is 0 Å². The fourth-order valence-electron chi connectivity index (χ4n) is 4.35.